The Morgan fingerprint density at radius 2 is 2.00 bits per heavy atom. The molecule has 9 heteroatoms. The molecule has 1 saturated heterocycles. The second kappa shape index (κ2) is 6.64. The van der Waals surface area contributed by atoms with Gasteiger partial charge in [0.2, 0.25) is 0 Å². The van der Waals surface area contributed by atoms with E-state index in [9.17, 15) is 0 Å². The van der Waals surface area contributed by atoms with Crippen molar-refractivity contribution < 1.29 is 4.74 Å². The lowest BCUT2D eigenvalue weighted by Gasteiger charge is -2.28. The van der Waals surface area contributed by atoms with Crippen molar-refractivity contribution in [1.29, 1.82) is 0 Å². The standard InChI is InChI=1S/C20H17N7OS/c1-2-13(14-11-23-26-15(14)3-1)19-24-16-8-17(12-9-21-22-10-12)29-18(16)20(25-19)27-4-6-28-7-5-27/h1-3,8-11H,4-7H2,(H,21,22)(H,23,26). The maximum Gasteiger partial charge on any atom is 0.162 e. The largest absolute Gasteiger partial charge is 0.378 e. The van der Waals surface area contributed by atoms with Crippen LogP contribution in [-0.4, -0.2) is 56.7 Å². The molecule has 8 nitrogen and oxygen atoms in total. The maximum atomic E-state index is 5.55. The molecule has 0 bridgehead atoms. The third-order valence-corrected chi connectivity index (χ3v) is 6.34. The van der Waals surface area contributed by atoms with Crippen LogP contribution in [0.15, 0.2) is 42.9 Å². The number of hydrogen-bond acceptors (Lipinski definition) is 7. The van der Waals surface area contributed by atoms with E-state index in [4.69, 9.17) is 14.7 Å². The minimum Gasteiger partial charge on any atom is -0.378 e. The first-order chi connectivity index (χ1) is 14.4. The van der Waals surface area contributed by atoms with E-state index in [1.165, 1.54) is 0 Å². The zero-order valence-corrected chi connectivity index (χ0v) is 16.2. The highest BCUT2D eigenvalue weighted by Gasteiger charge is 2.21. The first-order valence-electron chi connectivity index (χ1n) is 9.43. The molecule has 6 rings (SSSR count). The summed E-state index contributed by atoms with van der Waals surface area (Å²) in [6, 6.07) is 8.18. The van der Waals surface area contributed by atoms with Crippen LogP contribution in [0.4, 0.5) is 5.82 Å². The second-order valence-electron chi connectivity index (χ2n) is 6.92. The van der Waals surface area contributed by atoms with Crippen molar-refractivity contribution in [2.45, 2.75) is 0 Å². The number of ether oxygens (including phenoxy) is 1. The minimum atomic E-state index is 0.706. The second-order valence-corrected chi connectivity index (χ2v) is 7.97. The third kappa shape index (κ3) is 2.78. The number of hydrogen-bond donors (Lipinski definition) is 2. The van der Waals surface area contributed by atoms with E-state index < -0.39 is 0 Å². The summed E-state index contributed by atoms with van der Waals surface area (Å²) >= 11 is 1.70. The minimum absolute atomic E-state index is 0.706. The summed E-state index contributed by atoms with van der Waals surface area (Å²) in [6.45, 7) is 3.05. The Morgan fingerprint density at radius 1 is 1.07 bits per heavy atom. The molecule has 144 valence electrons. The van der Waals surface area contributed by atoms with Crippen molar-refractivity contribution >= 4 is 38.3 Å². The van der Waals surface area contributed by atoms with Crippen LogP contribution in [0.2, 0.25) is 0 Å². The predicted octanol–water partition coefficient (Wildman–Crippen LogP) is 3.46. The molecule has 29 heavy (non-hydrogen) atoms. The molecule has 0 amide bonds. The Balaban J connectivity index is 1.59. The summed E-state index contributed by atoms with van der Waals surface area (Å²) < 4.78 is 6.64. The number of benzene rings is 1. The molecule has 2 N–H and O–H groups in total. The Hall–Kier alpha value is -3.30. The summed E-state index contributed by atoms with van der Waals surface area (Å²) in [5.74, 6) is 1.68. The van der Waals surface area contributed by atoms with Crippen molar-refractivity contribution in [2.24, 2.45) is 0 Å². The topological polar surface area (TPSA) is 95.6 Å². The van der Waals surface area contributed by atoms with Crippen LogP contribution in [0.25, 0.3) is 42.9 Å². The van der Waals surface area contributed by atoms with Crippen LogP contribution in [0.3, 0.4) is 0 Å². The van der Waals surface area contributed by atoms with Gasteiger partial charge in [-0.1, -0.05) is 12.1 Å². The van der Waals surface area contributed by atoms with Gasteiger partial charge in [0.1, 0.15) is 0 Å². The summed E-state index contributed by atoms with van der Waals surface area (Å²) in [5, 5.41) is 15.2. The first-order valence-corrected chi connectivity index (χ1v) is 10.2. The molecule has 1 aliphatic rings. The van der Waals surface area contributed by atoms with Crippen molar-refractivity contribution in [3.8, 4) is 21.8 Å². The molecule has 4 aromatic heterocycles. The van der Waals surface area contributed by atoms with Crippen LogP contribution in [0, 0.1) is 0 Å². The summed E-state index contributed by atoms with van der Waals surface area (Å²) in [5.41, 5.74) is 3.95. The molecule has 0 atom stereocenters. The maximum absolute atomic E-state index is 5.55. The number of fused-ring (bicyclic) bond motifs is 2. The summed E-state index contributed by atoms with van der Waals surface area (Å²) in [6.07, 6.45) is 5.57. The lowest BCUT2D eigenvalue weighted by atomic mass is 10.1. The number of thiophene rings is 1. The van der Waals surface area contributed by atoms with E-state index in [-0.39, 0.29) is 0 Å². The van der Waals surface area contributed by atoms with Gasteiger partial charge < -0.3 is 9.64 Å². The molecule has 0 saturated carbocycles. The van der Waals surface area contributed by atoms with E-state index in [0.29, 0.717) is 19.0 Å². The molecule has 0 radical (unpaired) electrons. The Labute approximate surface area is 169 Å². The number of H-pyrrole nitrogens is 2. The molecule has 1 fully saturated rings. The van der Waals surface area contributed by atoms with Crippen LogP contribution in [0.1, 0.15) is 0 Å². The molecule has 1 aromatic carbocycles. The third-order valence-electron chi connectivity index (χ3n) is 5.17. The molecule has 0 aliphatic carbocycles. The van der Waals surface area contributed by atoms with Gasteiger partial charge in [0.05, 0.1) is 41.3 Å². The van der Waals surface area contributed by atoms with Crippen LogP contribution in [-0.2, 0) is 4.74 Å². The fraction of sp³-hybridized carbons (Fsp3) is 0.200. The number of morpholine rings is 1. The van der Waals surface area contributed by atoms with Gasteiger partial charge in [0.15, 0.2) is 11.6 Å². The number of anilines is 1. The van der Waals surface area contributed by atoms with Gasteiger partial charge >= 0.3 is 0 Å². The average molecular weight is 403 g/mol. The van der Waals surface area contributed by atoms with E-state index in [1.807, 2.05) is 36.8 Å². The number of aromatic nitrogens is 6. The van der Waals surface area contributed by atoms with E-state index >= 15 is 0 Å². The lowest BCUT2D eigenvalue weighted by Crippen LogP contribution is -2.36. The number of nitrogens with one attached hydrogen (secondary N) is 2. The number of nitrogens with zero attached hydrogens (tertiary/aromatic N) is 5. The molecule has 0 unspecified atom stereocenters. The van der Waals surface area contributed by atoms with E-state index in [1.54, 1.807) is 11.3 Å². The van der Waals surface area contributed by atoms with E-state index in [2.05, 4.69) is 31.4 Å². The van der Waals surface area contributed by atoms with Gasteiger partial charge in [0.25, 0.3) is 0 Å². The number of rotatable bonds is 3. The normalized spacial score (nSPS) is 14.8. The van der Waals surface area contributed by atoms with Crippen molar-refractivity contribution in [3.63, 3.8) is 0 Å². The van der Waals surface area contributed by atoms with Crippen molar-refractivity contribution in [2.75, 3.05) is 31.2 Å². The quantitative estimate of drug-likeness (QED) is 0.479. The Bertz CT molecular complexity index is 1300. The Kier molecular flexibility index (Phi) is 3.81. The van der Waals surface area contributed by atoms with Crippen LogP contribution >= 0.6 is 11.3 Å². The molecule has 5 aromatic rings. The molecular formula is C20H17N7OS. The highest BCUT2D eigenvalue weighted by molar-refractivity contribution is 7.22. The van der Waals surface area contributed by atoms with E-state index in [0.717, 1.165) is 56.0 Å². The SMILES string of the molecule is c1cc(-c2nc(N3CCOCC3)c3sc(-c4cn[nH]c4)cc3n2)c2cn[nH]c2c1. The van der Waals surface area contributed by atoms with Gasteiger partial charge in [-0.15, -0.1) is 11.3 Å². The predicted molar refractivity (Wildman–Crippen MR) is 113 cm³/mol. The van der Waals surface area contributed by atoms with Gasteiger partial charge in [-0.2, -0.15) is 10.2 Å². The molecular weight excluding hydrogens is 386 g/mol. The fourth-order valence-electron chi connectivity index (χ4n) is 3.72. The fourth-order valence-corrected chi connectivity index (χ4v) is 4.81. The first kappa shape index (κ1) is 16.6. The highest BCUT2D eigenvalue weighted by Crippen LogP contribution is 2.39. The van der Waals surface area contributed by atoms with Crippen molar-refractivity contribution in [3.05, 3.63) is 42.9 Å². The van der Waals surface area contributed by atoms with Gasteiger partial charge in [-0.3, -0.25) is 10.2 Å². The zero-order chi connectivity index (χ0) is 19.2. The molecule has 0 spiro atoms. The van der Waals surface area contributed by atoms with Crippen molar-refractivity contribution in [1.82, 2.24) is 30.4 Å². The zero-order valence-electron chi connectivity index (χ0n) is 15.4. The lowest BCUT2D eigenvalue weighted by molar-refractivity contribution is 0.122. The van der Waals surface area contributed by atoms with Gasteiger partial charge in [-0.25, -0.2) is 9.97 Å². The highest BCUT2D eigenvalue weighted by atomic mass is 32.1. The average Bonchev–Trinajstić information content (AvgIpc) is 3.53. The summed E-state index contributed by atoms with van der Waals surface area (Å²) in [7, 11) is 0. The smallest absolute Gasteiger partial charge is 0.162 e. The molecule has 1 aliphatic heterocycles. The van der Waals surface area contributed by atoms with Gasteiger partial charge in [-0.05, 0) is 12.1 Å². The van der Waals surface area contributed by atoms with Gasteiger partial charge in [0, 0.05) is 40.7 Å². The van der Waals surface area contributed by atoms with Crippen LogP contribution < -0.4 is 4.90 Å². The summed E-state index contributed by atoms with van der Waals surface area (Å²) in [4.78, 5) is 13.4. The molecule has 5 heterocycles. The number of aromatic amines is 2. The Morgan fingerprint density at radius 3 is 2.86 bits per heavy atom. The van der Waals surface area contributed by atoms with Crippen LogP contribution in [0.5, 0.6) is 0 Å². The monoisotopic (exact) mass is 403 g/mol.